The molecule has 35 heavy (non-hydrogen) atoms. The molecule has 1 N–H and O–H groups in total. The maximum Gasteiger partial charge on any atom is 0.282 e. The van der Waals surface area contributed by atoms with Crippen molar-refractivity contribution < 1.29 is 17.9 Å². The van der Waals surface area contributed by atoms with Gasteiger partial charge in [-0.3, -0.25) is 15.1 Å². The van der Waals surface area contributed by atoms with E-state index < -0.39 is 16.1 Å². The molecule has 2 aromatic heterocycles. The molecular formula is C23H22N6O4S2. The highest BCUT2D eigenvalue weighted by atomic mass is 32.2. The number of benzene rings is 1. The smallest absolute Gasteiger partial charge is 0.282 e. The largest absolute Gasteiger partial charge is 0.496 e. The number of hydrogen-bond donors (Lipinski definition) is 1. The van der Waals surface area contributed by atoms with Gasteiger partial charge in [0.1, 0.15) is 5.75 Å². The molecule has 180 valence electrons. The van der Waals surface area contributed by atoms with Crippen LogP contribution in [0.2, 0.25) is 0 Å². The number of nitrogens with one attached hydrogen (secondary N) is 1. The number of nitrogens with zero attached hydrogens (tertiary/aromatic N) is 5. The fourth-order valence-corrected chi connectivity index (χ4v) is 6.71. The van der Waals surface area contributed by atoms with Crippen molar-refractivity contribution in [3.05, 3.63) is 57.9 Å². The fraction of sp³-hybridized carbons (Fsp3) is 0.304. The molecule has 10 nitrogen and oxygen atoms in total. The first kappa shape index (κ1) is 23.4. The highest BCUT2D eigenvalue weighted by molar-refractivity contribution is 7.86. The van der Waals surface area contributed by atoms with Gasteiger partial charge in [0.15, 0.2) is 5.13 Å². The summed E-state index contributed by atoms with van der Waals surface area (Å²) in [6, 6.07) is 8.90. The quantitative estimate of drug-likeness (QED) is 0.540. The van der Waals surface area contributed by atoms with Crippen molar-refractivity contribution >= 4 is 32.6 Å². The van der Waals surface area contributed by atoms with Gasteiger partial charge >= 0.3 is 0 Å². The summed E-state index contributed by atoms with van der Waals surface area (Å²) in [5, 5.41) is 12.6. The predicted octanol–water partition coefficient (Wildman–Crippen LogP) is 2.91. The Kier molecular flexibility index (Phi) is 6.02. The Morgan fingerprint density at radius 2 is 2.00 bits per heavy atom. The van der Waals surface area contributed by atoms with Crippen LogP contribution in [0.25, 0.3) is 11.1 Å². The van der Waals surface area contributed by atoms with Crippen LogP contribution in [0.3, 0.4) is 0 Å². The summed E-state index contributed by atoms with van der Waals surface area (Å²) in [5.41, 5.74) is 3.30. The van der Waals surface area contributed by atoms with Crippen molar-refractivity contribution in [3.63, 3.8) is 0 Å². The normalized spacial score (nSPS) is 15.8. The first-order valence-electron chi connectivity index (χ1n) is 10.9. The molecular weight excluding hydrogens is 488 g/mol. The van der Waals surface area contributed by atoms with Crippen LogP contribution in [0.1, 0.15) is 38.6 Å². The number of carbonyl (C=O) groups is 1. The molecule has 0 saturated carbocycles. The number of ether oxygens (including phenoxy) is 1. The fourth-order valence-electron chi connectivity index (χ4n) is 4.03. The molecule has 1 amide bonds. The van der Waals surface area contributed by atoms with Crippen LogP contribution in [0.15, 0.2) is 30.5 Å². The second kappa shape index (κ2) is 9.01. The van der Waals surface area contributed by atoms with E-state index in [0.29, 0.717) is 57.6 Å². The van der Waals surface area contributed by atoms with Gasteiger partial charge in [-0.15, -0.1) is 0 Å². The zero-order chi connectivity index (χ0) is 24.7. The minimum absolute atomic E-state index is 0.191. The van der Waals surface area contributed by atoms with E-state index in [4.69, 9.17) is 4.74 Å². The molecule has 2 aliphatic rings. The Balaban J connectivity index is 1.40. The van der Waals surface area contributed by atoms with Crippen molar-refractivity contribution in [2.24, 2.45) is 0 Å². The molecule has 0 bridgehead atoms. The SMILES string of the molecule is COc1ccc(C#N)cc1-c1cc(C)ncc1C(=O)Nc1nc2c(s1)CN(S(=O)(=O)N1CCC1)C2. The molecule has 0 spiro atoms. The number of aryl methyl sites for hydroxylation is 1. The van der Waals surface area contributed by atoms with Crippen molar-refractivity contribution in [3.8, 4) is 22.9 Å². The van der Waals surface area contributed by atoms with Crippen LogP contribution in [-0.4, -0.2) is 53.1 Å². The summed E-state index contributed by atoms with van der Waals surface area (Å²) in [6.07, 6.45) is 2.37. The third-order valence-corrected chi connectivity index (χ3v) is 8.94. The Labute approximate surface area is 207 Å². The van der Waals surface area contributed by atoms with Crippen molar-refractivity contribution in [2.45, 2.75) is 26.4 Å². The number of amides is 1. The van der Waals surface area contributed by atoms with Crippen molar-refractivity contribution in [2.75, 3.05) is 25.5 Å². The maximum atomic E-state index is 13.3. The van der Waals surface area contributed by atoms with E-state index in [1.165, 1.54) is 33.3 Å². The molecule has 1 saturated heterocycles. The molecule has 2 aliphatic heterocycles. The third-order valence-electron chi connectivity index (χ3n) is 6.02. The number of fused-ring (bicyclic) bond motifs is 1. The summed E-state index contributed by atoms with van der Waals surface area (Å²) in [6.45, 7) is 3.36. The van der Waals surface area contributed by atoms with Crippen LogP contribution in [0, 0.1) is 18.3 Å². The molecule has 1 fully saturated rings. The van der Waals surface area contributed by atoms with E-state index >= 15 is 0 Å². The average Bonchev–Trinajstić information content (AvgIpc) is 3.36. The van der Waals surface area contributed by atoms with E-state index in [1.54, 1.807) is 24.3 Å². The minimum atomic E-state index is -3.47. The Bertz CT molecular complexity index is 1450. The summed E-state index contributed by atoms with van der Waals surface area (Å²) in [5.74, 6) is 0.120. The number of thiazole rings is 1. The van der Waals surface area contributed by atoms with Crippen molar-refractivity contribution in [1.29, 1.82) is 5.26 Å². The number of anilines is 1. The average molecular weight is 511 g/mol. The van der Waals surface area contributed by atoms with Gasteiger partial charge in [0.05, 0.1) is 43.1 Å². The molecule has 5 rings (SSSR count). The van der Waals surface area contributed by atoms with Gasteiger partial charge in [0.25, 0.3) is 16.1 Å². The van der Waals surface area contributed by atoms with Gasteiger partial charge in [-0.25, -0.2) is 4.98 Å². The molecule has 4 heterocycles. The van der Waals surface area contributed by atoms with E-state index in [1.807, 2.05) is 6.92 Å². The maximum absolute atomic E-state index is 13.3. The van der Waals surface area contributed by atoms with Gasteiger partial charge in [0.2, 0.25) is 0 Å². The van der Waals surface area contributed by atoms with Crippen molar-refractivity contribution in [1.82, 2.24) is 18.6 Å². The number of aromatic nitrogens is 2. The minimum Gasteiger partial charge on any atom is -0.496 e. The molecule has 3 aromatic rings. The first-order valence-corrected chi connectivity index (χ1v) is 13.1. The lowest BCUT2D eigenvalue weighted by Gasteiger charge is -2.33. The molecule has 1 aromatic carbocycles. The van der Waals surface area contributed by atoms with E-state index in [-0.39, 0.29) is 13.1 Å². The van der Waals surface area contributed by atoms with Gasteiger partial charge in [-0.1, -0.05) is 11.3 Å². The van der Waals surface area contributed by atoms with E-state index in [2.05, 4.69) is 21.4 Å². The standard InChI is InChI=1S/C23H22N6O4S2/c1-14-8-16(17-9-15(10-24)4-5-20(17)33-2)18(11-25-14)22(30)27-23-26-19-12-29(13-21(19)34-23)35(31,32)28-6-3-7-28/h4-5,8-9,11H,3,6-7,12-13H2,1-2H3,(H,26,27,30). The highest BCUT2D eigenvalue weighted by Gasteiger charge is 2.38. The number of carbonyl (C=O) groups excluding carboxylic acids is 1. The summed E-state index contributed by atoms with van der Waals surface area (Å²) in [7, 11) is -1.94. The molecule has 0 unspecified atom stereocenters. The third kappa shape index (κ3) is 4.28. The van der Waals surface area contributed by atoms with Crippen LogP contribution < -0.4 is 10.1 Å². The molecule has 0 atom stereocenters. The number of nitriles is 1. The number of methoxy groups -OCH3 is 1. The lowest BCUT2D eigenvalue weighted by molar-refractivity contribution is 0.102. The molecule has 0 radical (unpaired) electrons. The van der Waals surface area contributed by atoms with E-state index in [0.717, 1.165) is 11.3 Å². The number of pyridine rings is 1. The molecule has 0 aliphatic carbocycles. The Hall–Kier alpha value is -3.37. The second-order valence-electron chi connectivity index (χ2n) is 8.27. The van der Waals surface area contributed by atoms with Gasteiger partial charge in [0, 0.05) is 41.0 Å². The Morgan fingerprint density at radius 1 is 1.20 bits per heavy atom. The van der Waals surface area contributed by atoms with Crippen LogP contribution in [-0.2, 0) is 23.3 Å². The summed E-state index contributed by atoms with van der Waals surface area (Å²) in [4.78, 5) is 22.8. The van der Waals surface area contributed by atoms with E-state index in [9.17, 15) is 18.5 Å². The van der Waals surface area contributed by atoms with Gasteiger partial charge in [-0.05, 0) is 37.6 Å². The summed E-state index contributed by atoms with van der Waals surface area (Å²) >= 11 is 1.26. The Morgan fingerprint density at radius 3 is 2.66 bits per heavy atom. The van der Waals surface area contributed by atoms with Crippen LogP contribution in [0.4, 0.5) is 5.13 Å². The predicted molar refractivity (Wildman–Crippen MR) is 130 cm³/mol. The lowest BCUT2D eigenvalue weighted by Crippen LogP contribution is -2.48. The zero-order valence-corrected chi connectivity index (χ0v) is 20.7. The summed E-state index contributed by atoms with van der Waals surface area (Å²) < 4.78 is 33.7. The highest BCUT2D eigenvalue weighted by Crippen LogP contribution is 2.36. The number of hydrogen-bond acceptors (Lipinski definition) is 8. The van der Waals surface area contributed by atoms with Crippen LogP contribution in [0.5, 0.6) is 5.75 Å². The lowest BCUT2D eigenvalue weighted by atomic mass is 9.97. The monoisotopic (exact) mass is 510 g/mol. The first-order chi connectivity index (χ1) is 16.8. The topological polar surface area (TPSA) is 129 Å². The molecule has 12 heteroatoms. The van der Waals surface area contributed by atoms with Gasteiger partial charge in [-0.2, -0.15) is 22.3 Å². The second-order valence-corrected chi connectivity index (χ2v) is 11.3. The van der Waals surface area contributed by atoms with Crippen LogP contribution >= 0.6 is 11.3 Å². The zero-order valence-electron chi connectivity index (χ0n) is 19.1. The van der Waals surface area contributed by atoms with Gasteiger partial charge < -0.3 is 4.74 Å². The number of rotatable bonds is 6.